The molecular weight excluding hydrogens is 448 g/mol. The molecule has 2 amide bonds. The van der Waals surface area contributed by atoms with Gasteiger partial charge in [-0.05, 0) is 39.9 Å². The maximum Gasteiger partial charge on any atom is 0.407 e. The van der Waals surface area contributed by atoms with Gasteiger partial charge in [0.15, 0.2) is 0 Å². The summed E-state index contributed by atoms with van der Waals surface area (Å²) in [5.41, 5.74) is 5.59. The molecule has 0 spiro atoms. The number of carboxylic acid groups (broad SMARTS) is 1. The van der Waals surface area contributed by atoms with Gasteiger partial charge in [0.2, 0.25) is 5.91 Å². The molecule has 0 unspecified atom stereocenters. The molecule has 1 aliphatic rings. The Morgan fingerprint density at radius 1 is 0.829 bits per heavy atom. The number of benzene rings is 3. The first-order chi connectivity index (χ1) is 17.0. The summed E-state index contributed by atoms with van der Waals surface area (Å²) >= 11 is 0. The largest absolute Gasteiger partial charge is 0.478 e. The third-order valence-electron chi connectivity index (χ3n) is 5.78. The van der Waals surface area contributed by atoms with E-state index in [2.05, 4.69) is 34.9 Å². The summed E-state index contributed by atoms with van der Waals surface area (Å²) in [4.78, 5) is 34.9. The van der Waals surface area contributed by atoms with Gasteiger partial charge in [-0.15, -0.1) is 0 Å². The molecule has 0 heterocycles. The number of aromatic carboxylic acids is 1. The quantitative estimate of drug-likeness (QED) is 0.387. The van der Waals surface area contributed by atoms with Gasteiger partial charge in [-0.25, -0.2) is 9.59 Å². The fourth-order valence-corrected chi connectivity index (χ4v) is 4.06. The number of alkyl carbamates (subject to hydrolysis) is 1. The summed E-state index contributed by atoms with van der Waals surface area (Å²) in [7, 11) is 0. The zero-order valence-corrected chi connectivity index (χ0v) is 19.0. The smallest absolute Gasteiger partial charge is 0.407 e. The second kappa shape index (κ2) is 11.3. The molecule has 180 valence electrons. The van der Waals surface area contributed by atoms with Crippen LogP contribution < -0.4 is 10.6 Å². The molecular formula is C27H26N2O6. The summed E-state index contributed by atoms with van der Waals surface area (Å²) < 4.78 is 10.8. The second-order valence-corrected chi connectivity index (χ2v) is 8.08. The molecule has 0 saturated heterocycles. The predicted molar refractivity (Wildman–Crippen MR) is 129 cm³/mol. The van der Waals surface area contributed by atoms with Crippen LogP contribution in [0.3, 0.4) is 0 Å². The highest BCUT2D eigenvalue weighted by Gasteiger charge is 2.28. The third kappa shape index (κ3) is 6.04. The first-order valence-electron chi connectivity index (χ1n) is 11.3. The van der Waals surface area contributed by atoms with Gasteiger partial charge in [-0.1, -0.05) is 60.7 Å². The molecule has 4 rings (SSSR count). The van der Waals surface area contributed by atoms with Crippen molar-refractivity contribution in [2.24, 2.45) is 0 Å². The summed E-state index contributed by atoms with van der Waals surface area (Å²) in [6.45, 7) is 0.710. The Hall–Kier alpha value is -4.17. The van der Waals surface area contributed by atoms with Gasteiger partial charge in [0.1, 0.15) is 13.2 Å². The Bertz CT molecular complexity index is 1160. The lowest BCUT2D eigenvalue weighted by Gasteiger charge is -2.14. The van der Waals surface area contributed by atoms with E-state index >= 15 is 0 Å². The third-order valence-corrected chi connectivity index (χ3v) is 5.78. The number of carbonyl (C=O) groups excluding carboxylic acids is 2. The molecule has 0 atom stereocenters. The summed E-state index contributed by atoms with van der Waals surface area (Å²) in [6, 6.07) is 22.5. The molecule has 35 heavy (non-hydrogen) atoms. The van der Waals surface area contributed by atoms with Crippen molar-refractivity contribution < 1.29 is 29.0 Å². The average molecular weight is 475 g/mol. The van der Waals surface area contributed by atoms with Crippen molar-refractivity contribution in [1.82, 2.24) is 10.6 Å². The van der Waals surface area contributed by atoms with Crippen molar-refractivity contribution in [3.63, 3.8) is 0 Å². The van der Waals surface area contributed by atoms with Crippen LogP contribution in [0.1, 0.15) is 33.0 Å². The lowest BCUT2D eigenvalue weighted by Crippen LogP contribution is -2.31. The highest BCUT2D eigenvalue weighted by molar-refractivity contribution is 5.87. The number of hydrogen-bond donors (Lipinski definition) is 3. The number of carboxylic acids is 1. The van der Waals surface area contributed by atoms with Crippen LogP contribution in [0.2, 0.25) is 0 Å². The minimum absolute atomic E-state index is 0.00609. The van der Waals surface area contributed by atoms with Gasteiger partial charge in [0, 0.05) is 19.0 Å². The van der Waals surface area contributed by atoms with Gasteiger partial charge in [0.05, 0.1) is 12.2 Å². The number of nitrogens with one attached hydrogen (secondary N) is 2. The molecule has 0 bridgehead atoms. The minimum atomic E-state index is -0.999. The van der Waals surface area contributed by atoms with Crippen molar-refractivity contribution in [3.05, 3.63) is 95.1 Å². The number of rotatable bonds is 10. The highest BCUT2D eigenvalue weighted by Crippen LogP contribution is 2.44. The van der Waals surface area contributed by atoms with Crippen molar-refractivity contribution >= 4 is 18.0 Å². The van der Waals surface area contributed by atoms with Crippen LogP contribution in [0.15, 0.2) is 72.8 Å². The molecule has 0 radical (unpaired) electrons. The molecule has 8 heteroatoms. The molecule has 3 N–H and O–H groups in total. The molecule has 1 aliphatic carbocycles. The van der Waals surface area contributed by atoms with Crippen LogP contribution in [0.5, 0.6) is 0 Å². The van der Waals surface area contributed by atoms with Crippen molar-refractivity contribution in [2.45, 2.75) is 12.5 Å². The van der Waals surface area contributed by atoms with E-state index in [9.17, 15) is 14.4 Å². The van der Waals surface area contributed by atoms with Crippen LogP contribution >= 0.6 is 0 Å². The number of carbonyl (C=O) groups is 3. The van der Waals surface area contributed by atoms with Gasteiger partial charge in [-0.3, -0.25) is 4.79 Å². The van der Waals surface area contributed by atoms with Crippen LogP contribution in [-0.2, 0) is 20.8 Å². The standard InChI is InChI=1S/C27H26N2O6/c30-25(29-15-18-9-11-19(12-10-18)26(31)32)17-34-14-13-28-27(33)35-16-24-22-7-3-1-5-20(22)21-6-2-4-8-23(21)24/h1-12,24H,13-17H2,(H,28,33)(H,29,30)(H,31,32). The zero-order valence-electron chi connectivity index (χ0n) is 19.0. The monoisotopic (exact) mass is 474 g/mol. The first kappa shape index (κ1) is 24.0. The van der Waals surface area contributed by atoms with E-state index in [0.717, 1.165) is 16.7 Å². The lowest BCUT2D eigenvalue weighted by molar-refractivity contribution is -0.125. The van der Waals surface area contributed by atoms with Crippen LogP contribution in [0.25, 0.3) is 11.1 Å². The van der Waals surface area contributed by atoms with E-state index in [-0.39, 0.29) is 50.3 Å². The normalized spacial score (nSPS) is 11.9. The maximum atomic E-state index is 12.1. The van der Waals surface area contributed by atoms with Crippen molar-refractivity contribution in [1.29, 1.82) is 0 Å². The van der Waals surface area contributed by atoms with Crippen molar-refractivity contribution in [3.8, 4) is 11.1 Å². The fraction of sp³-hybridized carbons (Fsp3) is 0.222. The van der Waals surface area contributed by atoms with Gasteiger partial charge < -0.3 is 25.2 Å². The topological polar surface area (TPSA) is 114 Å². The summed E-state index contributed by atoms with van der Waals surface area (Å²) in [6.07, 6.45) is -0.537. The van der Waals surface area contributed by atoms with Crippen LogP contribution in [0.4, 0.5) is 4.79 Å². The molecule has 8 nitrogen and oxygen atoms in total. The van der Waals surface area contributed by atoms with Crippen LogP contribution in [-0.4, -0.2) is 49.4 Å². The summed E-state index contributed by atoms with van der Waals surface area (Å²) in [5, 5.41) is 14.2. The molecule has 0 aliphatic heterocycles. The lowest BCUT2D eigenvalue weighted by atomic mass is 9.98. The minimum Gasteiger partial charge on any atom is -0.478 e. The molecule has 0 fully saturated rings. The molecule has 3 aromatic carbocycles. The molecule has 0 saturated carbocycles. The molecule has 0 aromatic heterocycles. The van der Waals surface area contributed by atoms with E-state index < -0.39 is 12.1 Å². The molecule has 3 aromatic rings. The Morgan fingerprint density at radius 3 is 2.09 bits per heavy atom. The highest BCUT2D eigenvalue weighted by atomic mass is 16.5. The predicted octanol–water partition coefficient (Wildman–Crippen LogP) is 3.56. The fourth-order valence-electron chi connectivity index (χ4n) is 4.06. The average Bonchev–Trinajstić information content (AvgIpc) is 3.20. The Balaban J connectivity index is 1.12. The Kier molecular flexibility index (Phi) is 7.74. The van der Waals surface area contributed by atoms with E-state index in [0.29, 0.717) is 0 Å². The second-order valence-electron chi connectivity index (χ2n) is 8.08. The van der Waals surface area contributed by atoms with Crippen molar-refractivity contribution in [2.75, 3.05) is 26.4 Å². The van der Waals surface area contributed by atoms with Crippen LogP contribution in [0, 0.1) is 0 Å². The van der Waals surface area contributed by atoms with Gasteiger partial charge in [0.25, 0.3) is 0 Å². The van der Waals surface area contributed by atoms with Gasteiger partial charge >= 0.3 is 12.1 Å². The zero-order chi connectivity index (χ0) is 24.6. The number of fused-ring (bicyclic) bond motifs is 3. The van der Waals surface area contributed by atoms with E-state index in [1.165, 1.54) is 23.3 Å². The van der Waals surface area contributed by atoms with E-state index in [1.54, 1.807) is 12.1 Å². The van der Waals surface area contributed by atoms with Gasteiger partial charge in [-0.2, -0.15) is 0 Å². The Labute approximate surface area is 202 Å². The van der Waals surface area contributed by atoms with E-state index in [4.69, 9.17) is 14.6 Å². The van der Waals surface area contributed by atoms with E-state index in [1.807, 2.05) is 24.3 Å². The number of ether oxygens (including phenoxy) is 2. The first-order valence-corrected chi connectivity index (χ1v) is 11.3. The number of hydrogen-bond acceptors (Lipinski definition) is 5. The SMILES string of the molecule is O=C(COCCNC(=O)OCC1c2ccccc2-c2ccccc21)NCc1ccc(C(=O)O)cc1. The number of amides is 2. The Morgan fingerprint density at radius 2 is 1.46 bits per heavy atom. The maximum absolute atomic E-state index is 12.1. The summed E-state index contributed by atoms with van der Waals surface area (Å²) in [5.74, 6) is -1.32.